The lowest BCUT2D eigenvalue weighted by molar-refractivity contribution is 0.0593. The number of carbonyl (C=O) groups is 1. The highest BCUT2D eigenvalue weighted by molar-refractivity contribution is 6.01. The normalized spacial score (nSPS) is 11.9. The maximum Gasteiger partial charge on any atom is 0.271 e. The fourth-order valence-electron chi connectivity index (χ4n) is 2.71. The molecule has 0 saturated heterocycles. The van der Waals surface area contributed by atoms with Gasteiger partial charge in [-0.3, -0.25) is 4.79 Å². The van der Waals surface area contributed by atoms with Gasteiger partial charge in [-0.2, -0.15) is 0 Å². The van der Waals surface area contributed by atoms with Crippen LogP contribution in [0, 0.1) is 13.8 Å². The Hall–Kier alpha value is -1.77. The molecular weight excluding hydrogens is 248 g/mol. The van der Waals surface area contributed by atoms with Gasteiger partial charge in [0.25, 0.3) is 5.91 Å². The highest BCUT2D eigenvalue weighted by Crippen LogP contribution is 2.25. The highest BCUT2D eigenvalue weighted by atomic mass is 16.2. The average molecular weight is 272 g/mol. The third kappa shape index (κ3) is 2.45. The van der Waals surface area contributed by atoms with Crippen LogP contribution in [-0.4, -0.2) is 27.9 Å². The molecule has 0 bridgehead atoms. The number of hydrogen-bond donors (Lipinski definition) is 1. The van der Waals surface area contributed by atoms with Gasteiger partial charge in [-0.15, -0.1) is 0 Å². The maximum atomic E-state index is 12.8. The number of aryl methyl sites for hydroxylation is 2. The molecule has 0 radical (unpaired) electrons. The first-order chi connectivity index (χ1) is 9.25. The Morgan fingerprint density at radius 3 is 2.45 bits per heavy atom. The predicted molar refractivity (Wildman–Crippen MR) is 84.2 cm³/mol. The van der Waals surface area contributed by atoms with Crippen molar-refractivity contribution in [2.24, 2.45) is 0 Å². The number of rotatable bonds is 2. The molecule has 3 nitrogen and oxygen atoms in total. The van der Waals surface area contributed by atoms with E-state index in [0.29, 0.717) is 12.2 Å². The van der Waals surface area contributed by atoms with Gasteiger partial charge in [0, 0.05) is 23.0 Å². The molecule has 0 aliphatic carbocycles. The SMILES string of the molecule is CCN(C(=O)c1[nH]c2ccc(C)cc2c1C)C(C)(C)C. The van der Waals surface area contributed by atoms with Crippen molar-refractivity contribution in [3.63, 3.8) is 0 Å². The molecule has 1 aromatic heterocycles. The number of amides is 1. The Bertz CT molecular complexity index is 647. The van der Waals surface area contributed by atoms with Crippen LogP contribution in [-0.2, 0) is 0 Å². The van der Waals surface area contributed by atoms with Crippen molar-refractivity contribution in [2.75, 3.05) is 6.54 Å². The summed E-state index contributed by atoms with van der Waals surface area (Å²) in [5.41, 5.74) is 3.81. The summed E-state index contributed by atoms with van der Waals surface area (Å²) in [4.78, 5) is 18.0. The second-order valence-corrected chi connectivity index (χ2v) is 6.39. The molecule has 2 rings (SSSR count). The first-order valence-corrected chi connectivity index (χ1v) is 7.16. The predicted octanol–water partition coefficient (Wildman–Crippen LogP) is 4.05. The van der Waals surface area contributed by atoms with E-state index < -0.39 is 0 Å². The smallest absolute Gasteiger partial charge is 0.271 e. The minimum absolute atomic E-state index is 0.0753. The Kier molecular flexibility index (Phi) is 3.63. The van der Waals surface area contributed by atoms with Gasteiger partial charge >= 0.3 is 0 Å². The Morgan fingerprint density at radius 1 is 1.25 bits per heavy atom. The van der Waals surface area contributed by atoms with Gasteiger partial charge in [0.2, 0.25) is 0 Å². The molecule has 20 heavy (non-hydrogen) atoms. The van der Waals surface area contributed by atoms with Crippen molar-refractivity contribution in [2.45, 2.75) is 47.1 Å². The van der Waals surface area contributed by atoms with Crippen LogP contribution in [0.3, 0.4) is 0 Å². The van der Waals surface area contributed by atoms with Gasteiger partial charge in [0.15, 0.2) is 0 Å². The fraction of sp³-hybridized carbons (Fsp3) is 0.471. The van der Waals surface area contributed by atoms with Crippen molar-refractivity contribution >= 4 is 16.8 Å². The van der Waals surface area contributed by atoms with E-state index in [9.17, 15) is 4.79 Å². The number of aromatic nitrogens is 1. The van der Waals surface area contributed by atoms with Crippen LogP contribution in [0.25, 0.3) is 10.9 Å². The summed E-state index contributed by atoms with van der Waals surface area (Å²) in [5.74, 6) is 0.0753. The van der Waals surface area contributed by atoms with Gasteiger partial charge < -0.3 is 9.88 Å². The standard InChI is InChI=1S/C17H24N2O/c1-7-19(17(4,5)6)16(20)15-12(3)13-10-11(2)8-9-14(13)18-15/h8-10,18H,7H2,1-6H3. The largest absolute Gasteiger partial charge is 0.350 e. The first kappa shape index (κ1) is 14.6. The van der Waals surface area contributed by atoms with Gasteiger partial charge in [0.05, 0.1) is 0 Å². The van der Waals surface area contributed by atoms with Crippen molar-refractivity contribution in [1.29, 1.82) is 0 Å². The number of nitrogens with one attached hydrogen (secondary N) is 1. The zero-order chi connectivity index (χ0) is 15.1. The Balaban J connectivity index is 2.52. The topological polar surface area (TPSA) is 36.1 Å². The summed E-state index contributed by atoms with van der Waals surface area (Å²) in [5, 5.41) is 1.14. The van der Waals surface area contributed by atoms with E-state index in [1.807, 2.05) is 24.8 Å². The molecule has 1 amide bonds. The van der Waals surface area contributed by atoms with E-state index in [-0.39, 0.29) is 11.4 Å². The summed E-state index contributed by atoms with van der Waals surface area (Å²) in [6.45, 7) is 13.0. The molecule has 108 valence electrons. The number of benzene rings is 1. The molecule has 0 aliphatic rings. The zero-order valence-electron chi connectivity index (χ0n) is 13.3. The lowest BCUT2D eigenvalue weighted by atomic mass is 10.0. The van der Waals surface area contributed by atoms with Crippen LogP contribution >= 0.6 is 0 Å². The second-order valence-electron chi connectivity index (χ2n) is 6.39. The minimum atomic E-state index is -0.175. The van der Waals surface area contributed by atoms with Crippen LogP contribution in [0.2, 0.25) is 0 Å². The monoisotopic (exact) mass is 272 g/mol. The number of aromatic amines is 1. The lowest BCUT2D eigenvalue weighted by Gasteiger charge is -2.34. The minimum Gasteiger partial charge on any atom is -0.350 e. The van der Waals surface area contributed by atoms with Gasteiger partial charge in [-0.05, 0) is 59.2 Å². The first-order valence-electron chi connectivity index (χ1n) is 7.16. The molecule has 1 aromatic carbocycles. The van der Waals surface area contributed by atoms with Crippen LogP contribution in [0.15, 0.2) is 18.2 Å². The van der Waals surface area contributed by atoms with Crippen LogP contribution < -0.4 is 0 Å². The van der Waals surface area contributed by atoms with E-state index in [1.54, 1.807) is 0 Å². The maximum absolute atomic E-state index is 12.8. The summed E-state index contributed by atoms with van der Waals surface area (Å²) >= 11 is 0. The van der Waals surface area contributed by atoms with Crippen molar-refractivity contribution in [3.8, 4) is 0 Å². The zero-order valence-corrected chi connectivity index (χ0v) is 13.3. The third-order valence-corrected chi connectivity index (χ3v) is 3.80. The molecule has 0 saturated carbocycles. The van der Waals surface area contributed by atoms with E-state index in [2.05, 4.69) is 44.8 Å². The Morgan fingerprint density at radius 2 is 1.90 bits per heavy atom. The van der Waals surface area contributed by atoms with E-state index in [1.165, 1.54) is 5.56 Å². The van der Waals surface area contributed by atoms with Gasteiger partial charge in [-0.25, -0.2) is 0 Å². The van der Waals surface area contributed by atoms with Crippen molar-refractivity contribution in [1.82, 2.24) is 9.88 Å². The molecular formula is C17H24N2O. The number of fused-ring (bicyclic) bond motifs is 1. The molecule has 0 fully saturated rings. The Labute approximate surface area is 121 Å². The fourth-order valence-corrected chi connectivity index (χ4v) is 2.71. The molecule has 2 aromatic rings. The second kappa shape index (κ2) is 4.97. The molecule has 1 N–H and O–H groups in total. The summed E-state index contributed by atoms with van der Waals surface area (Å²) in [7, 11) is 0. The van der Waals surface area contributed by atoms with E-state index in [4.69, 9.17) is 0 Å². The molecule has 0 unspecified atom stereocenters. The van der Waals surface area contributed by atoms with E-state index >= 15 is 0 Å². The van der Waals surface area contributed by atoms with Crippen molar-refractivity contribution in [3.05, 3.63) is 35.0 Å². The third-order valence-electron chi connectivity index (χ3n) is 3.80. The molecule has 0 atom stereocenters. The highest BCUT2D eigenvalue weighted by Gasteiger charge is 2.28. The molecule has 1 heterocycles. The van der Waals surface area contributed by atoms with E-state index in [0.717, 1.165) is 16.5 Å². The van der Waals surface area contributed by atoms with Crippen LogP contribution in [0.1, 0.15) is 49.3 Å². The van der Waals surface area contributed by atoms with Crippen molar-refractivity contribution < 1.29 is 4.79 Å². The number of hydrogen-bond acceptors (Lipinski definition) is 1. The van der Waals surface area contributed by atoms with Crippen LogP contribution in [0.4, 0.5) is 0 Å². The quantitative estimate of drug-likeness (QED) is 0.879. The average Bonchev–Trinajstić information content (AvgIpc) is 2.66. The number of carbonyl (C=O) groups excluding carboxylic acids is 1. The van der Waals surface area contributed by atoms with Gasteiger partial charge in [0.1, 0.15) is 5.69 Å². The summed E-state index contributed by atoms with van der Waals surface area (Å²) < 4.78 is 0. The lowest BCUT2D eigenvalue weighted by Crippen LogP contribution is -2.45. The molecule has 0 aliphatic heterocycles. The summed E-state index contributed by atoms with van der Waals surface area (Å²) in [6, 6.07) is 6.24. The number of nitrogens with zero attached hydrogens (tertiary/aromatic N) is 1. The molecule has 0 spiro atoms. The molecule has 3 heteroatoms. The summed E-state index contributed by atoms with van der Waals surface area (Å²) in [6.07, 6.45) is 0. The number of H-pyrrole nitrogens is 1. The van der Waals surface area contributed by atoms with Gasteiger partial charge in [-0.1, -0.05) is 11.6 Å². The van der Waals surface area contributed by atoms with Crippen LogP contribution in [0.5, 0.6) is 0 Å².